The molecule has 1 aromatic rings. The van der Waals surface area contributed by atoms with Crippen molar-refractivity contribution in [2.24, 2.45) is 5.73 Å². The third-order valence-electron chi connectivity index (χ3n) is 2.67. The van der Waals surface area contributed by atoms with Crippen LogP contribution in [0.4, 0.5) is 10.1 Å². The summed E-state index contributed by atoms with van der Waals surface area (Å²) in [5.41, 5.74) is 5.29. The second-order valence-electron chi connectivity index (χ2n) is 4.29. The number of carboxylic acids is 1. The standard InChI is InChI=1S/C13H17FN2O3/c1-2-3-9(7-12(17)18)16-11-5-4-8(13(15)19)6-10(11)14/h4-6,9,16H,2-3,7H2,1H3,(H2,15,19)(H,17,18). The maximum Gasteiger partial charge on any atom is 0.305 e. The number of halogens is 1. The monoisotopic (exact) mass is 268 g/mol. The maximum atomic E-state index is 13.7. The summed E-state index contributed by atoms with van der Waals surface area (Å²) in [4.78, 5) is 21.6. The highest BCUT2D eigenvalue weighted by atomic mass is 19.1. The zero-order valence-electron chi connectivity index (χ0n) is 10.6. The van der Waals surface area contributed by atoms with Gasteiger partial charge in [0.1, 0.15) is 5.82 Å². The molecule has 1 aromatic carbocycles. The third kappa shape index (κ3) is 4.57. The van der Waals surface area contributed by atoms with Gasteiger partial charge in [-0.2, -0.15) is 0 Å². The number of nitrogens with one attached hydrogen (secondary N) is 1. The van der Waals surface area contributed by atoms with E-state index in [1.807, 2.05) is 6.92 Å². The molecule has 0 heterocycles. The predicted molar refractivity (Wildman–Crippen MR) is 69.5 cm³/mol. The number of aliphatic carboxylic acids is 1. The summed E-state index contributed by atoms with van der Waals surface area (Å²) < 4.78 is 13.7. The van der Waals surface area contributed by atoms with Crippen LogP contribution in [-0.4, -0.2) is 23.0 Å². The van der Waals surface area contributed by atoms with Gasteiger partial charge in [0.05, 0.1) is 12.1 Å². The van der Waals surface area contributed by atoms with Crippen LogP contribution < -0.4 is 11.1 Å². The number of nitrogens with two attached hydrogens (primary N) is 1. The van der Waals surface area contributed by atoms with Gasteiger partial charge >= 0.3 is 5.97 Å². The highest BCUT2D eigenvalue weighted by Crippen LogP contribution is 2.19. The minimum Gasteiger partial charge on any atom is -0.481 e. The van der Waals surface area contributed by atoms with Crippen LogP contribution >= 0.6 is 0 Å². The van der Waals surface area contributed by atoms with Gasteiger partial charge in [0, 0.05) is 11.6 Å². The number of rotatable bonds is 7. The van der Waals surface area contributed by atoms with Crippen LogP contribution in [0.1, 0.15) is 36.5 Å². The normalized spacial score (nSPS) is 11.9. The first kappa shape index (κ1) is 14.9. The van der Waals surface area contributed by atoms with Crippen molar-refractivity contribution in [2.75, 3.05) is 5.32 Å². The van der Waals surface area contributed by atoms with Crippen molar-refractivity contribution in [3.05, 3.63) is 29.6 Å². The Morgan fingerprint density at radius 2 is 2.16 bits per heavy atom. The van der Waals surface area contributed by atoms with E-state index in [1.54, 1.807) is 0 Å². The van der Waals surface area contributed by atoms with Gasteiger partial charge in [-0.05, 0) is 24.6 Å². The van der Waals surface area contributed by atoms with Gasteiger partial charge in [-0.1, -0.05) is 13.3 Å². The van der Waals surface area contributed by atoms with E-state index in [9.17, 15) is 14.0 Å². The van der Waals surface area contributed by atoms with Crippen LogP contribution in [0.25, 0.3) is 0 Å². The van der Waals surface area contributed by atoms with Crippen molar-refractivity contribution in [2.45, 2.75) is 32.2 Å². The zero-order chi connectivity index (χ0) is 14.4. The summed E-state index contributed by atoms with van der Waals surface area (Å²) in [6, 6.07) is 3.47. The zero-order valence-corrected chi connectivity index (χ0v) is 10.6. The number of hydrogen-bond acceptors (Lipinski definition) is 3. The van der Waals surface area contributed by atoms with E-state index >= 15 is 0 Å². The number of anilines is 1. The summed E-state index contributed by atoms with van der Waals surface area (Å²) in [7, 11) is 0. The molecule has 0 saturated heterocycles. The van der Waals surface area contributed by atoms with Crippen LogP contribution in [0.2, 0.25) is 0 Å². The lowest BCUT2D eigenvalue weighted by Gasteiger charge is -2.18. The van der Waals surface area contributed by atoms with E-state index in [4.69, 9.17) is 10.8 Å². The molecule has 0 spiro atoms. The number of benzene rings is 1. The lowest BCUT2D eigenvalue weighted by Crippen LogP contribution is -2.23. The number of primary amides is 1. The fourth-order valence-electron chi connectivity index (χ4n) is 1.79. The number of carbonyl (C=O) groups excluding carboxylic acids is 1. The van der Waals surface area contributed by atoms with Crippen molar-refractivity contribution in [3.8, 4) is 0 Å². The summed E-state index contributed by atoms with van der Waals surface area (Å²) in [5, 5.41) is 11.6. The van der Waals surface area contributed by atoms with Crippen molar-refractivity contribution in [1.82, 2.24) is 0 Å². The Labute approximate surface area is 110 Å². The van der Waals surface area contributed by atoms with E-state index in [1.165, 1.54) is 12.1 Å². The van der Waals surface area contributed by atoms with Crippen molar-refractivity contribution >= 4 is 17.6 Å². The van der Waals surface area contributed by atoms with E-state index in [0.29, 0.717) is 6.42 Å². The molecule has 0 aromatic heterocycles. The van der Waals surface area contributed by atoms with E-state index in [2.05, 4.69) is 5.32 Å². The van der Waals surface area contributed by atoms with Gasteiger partial charge in [0.15, 0.2) is 0 Å². The second kappa shape index (κ2) is 6.72. The Morgan fingerprint density at radius 3 is 2.63 bits per heavy atom. The Balaban J connectivity index is 2.84. The van der Waals surface area contributed by atoms with E-state index < -0.39 is 17.7 Å². The van der Waals surface area contributed by atoms with Crippen LogP contribution in [0.3, 0.4) is 0 Å². The Bertz CT molecular complexity index is 477. The molecule has 0 fully saturated rings. The Hall–Kier alpha value is -2.11. The molecule has 4 N–H and O–H groups in total. The quantitative estimate of drug-likeness (QED) is 0.705. The van der Waals surface area contributed by atoms with Gasteiger partial charge in [-0.25, -0.2) is 4.39 Å². The smallest absolute Gasteiger partial charge is 0.305 e. The lowest BCUT2D eigenvalue weighted by atomic mass is 10.1. The third-order valence-corrected chi connectivity index (χ3v) is 2.67. The molecular formula is C13H17FN2O3. The summed E-state index contributed by atoms with van der Waals surface area (Å²) >= 11 is 0. The first-order valence-electron chi connectivity index (χ1n) is 6.01. The van der Waals surface area contributed by atoms with Crippen molar-refractivity contribution in [3.63, 3.8) is 0 Å². The average molecular weight is 268 g/mol. The summed E-state index contributed by atoms with van der Waals surface area (Å²) in [6.45, 7) is 1.92. The predicted octanol–water partition coefficient (Wildman–Crippen LogP) is 1.98. The molecule has 1 unspecified atom stereocenters. The fourth-order valence-corrected chi connectivity index (χ4v) is 1.79. The average Bonchev–Trinajstić information content (AvgIpc) is 2.31. The molecule has 0 aliphatic carbocycles. The van der Waals surface area contributed by atoms with E-state index in [-0.39, 0.29) is 23.7 Å². The van der Waals surface area contributed by atoms with Crippen LogP contribution in [-0.2, 0) is 4.79 Å². The molecular weight excluding hydrogens is 251 g/mol. The largest absolute Gasteiger partial charge is 0.481 e. The van der Waals surface area contributed by atoms with Gasteiger partial charge < -0.3 is 16.2 Å². The SMILES string of the molecule is CCCC(CC(=O)O)Nc1ccc(C(N)=O)cc1F. The molecule has 0 aliphatic heterocycles. The molecule has 19 heavy (non-hydrogen) atoms. The van der Waals surface area contributed by atoms with Crippen LogP contribution in [0, 0.1) is 5.82 Å². The molecule has 5 nitrogen and oxygen atoms in total. The Kier molecular flexibility index (Phi) is 5.29. The van der Waals surface area contributed by atoms with E-state index in [0.717, 1.165) is 12.5 Å². The van der Waals surface area contributed by atoms with Gasteiger partial charge in [-0.3, -0.25) is 9.59 Å². The number of carboxylic acid groups (broad SMARTS) is 1. The van der Waals surface area contributed by atoms with Crippen LogP contribution in [0.5, 0.6) is 0 Å². The first-order chi connectivity index (χ1) is 8.93. The molecule has 0 bridgehead atoms. The molecule has 104 valence electrons. The minimum absolute atomic E-state index is 0.0772. The number of hydrogen-bond donors (Lipinski definition) is 3. The van der Waals surface area contributed by atoms with Crippen LogP contribution in [0.15, 0.2) is 18.2 Å². The summed E-state index contributed by atoms with van der Waals surface area (Å²) in [6.07, 6.45) is 1.31. The fraction of sp³-hybridized carbons (Fsp3) is 0.385. The molecule has 0 saturated carbocycles. The molecule has 6 heteroatoms. The minimum atomic E-state index is -0.944. The highest BCUT2D eigenvalue weighted by Gasteiger charge is 2.15. The molecule has 1 atom stereocenters. The molecule has 0 aliphatic rings. The topological polar surface area (TPSA) is 92.4 Å². The maximum absolute atomic E-state index is 13.7. The first-order valence-corrected chi connectivity index (χ1v) is 6.01. The lowest BCUT2D eigenvalue weighted by molar-refractivity contribution is -0.137. The summed E-state index contributed by atoms with van der Waals surface area (Å²) in [5.74, 6) is -2.27. The van der Waals surface area contributed by atoms with Crippen molar-refractivity contribution in [1.29, 1.82) is 0 Å². The number of amides is 1. The highest BCUT2D eigenvalue weighted by molar-refractivity contribution is 5.93. The van der Waals surface area contributed by atoms with Gasteiger partial charge in [0.2, 0.25) is 5.91 Å². The van der Waals surface area contributed by atoms with Gasteiger partial charge in [-0.15, -0.1) is 0 Å². The second-order valence-corrected chi connectivity index (χ2v) is 4.29. The molecule has 1 rings (SSSR count). The van der Waals surface area contributed by atoms with Gasteiger partial charge in [0.25, 0.3) is 0 Å². The van der Waals surface area contributed by atoms with Crippen molar-refractivity contribution < 1.29 is 19.1 Å². The number of carbonyl (C=O) groups is 2. The molecule has 1 amide bonds. The Morgan fingerprint density at radius 1 is 1.47 bits per heavy atom. The molecule has 0 radical (unpaired) electrons.